The van der Waals surface area contributed by atoms with E-state index in [1.165, 1.54) is 26.4 Å². The number of hydrogen-bond donors (Lipinski definition) is 0. The highest BCUT2D eigenvalue weighted by Crippen LogP contribution is 2.43. The summed E-state index contributed by atoms with van der Waals surface area (Å²) in [5, 5.41) is 5.97. The molecule has 0 unspecified atom stereocenters. The Morgan fingerprint density at radius 1 is 0.871 bits per heavy atom. The van der Waals surface area contributed by atoms with Crippen LogP contribution in [-0.4, -0.2) is 9.97 Å². The molecule has 0 amide bonds. The summed E-state index contributed by atoms with van der Waals surface area (Å²) in [5.41, 5.74) is 4.38. The van der Waals surface area contributed by atoms with Crippen LogP contribution in [0.3, 0.4) is 0 Å². The average molecular weight is 423 g/mol. The van der Waals surface area contributed by atoms with E-state index >= 15 is 0 Å². The molecule has 0 aliphatic rings. The molecule has 0 fully saturated rings. The van der Waals surface area contributed by atoms with Crippen molar-refractivity contribution in [3.8, 4) is 11.3 Å². The zero-order valence-electron chi connectivity index (χ0n) is 18.0. The second-order valence-corrected chi connectivity index (χ2v) is 10.2. The minimum absolute atomic E-state index is 0.0212. The quantitative estimate of drug-likeness (QED) is 0.269. The molecule has 3 nitrogen and oxygen atoms in total. The van der Waals surface area contributed by atoms with E-state index in [9.17, 15) is 0 Å². The Labute approximate surface area is 184 Å². The maximum Gasteiger partial charge on any atom is 0.134 e. The Morgan fingerprint density at radius 3 is 2.55 bits per heavy atom. The largest absolute Gasteiger partial charge is 0.461 e. The highest BCUT2D eigenvalue weighted by atomic mass is 32.1. The van der Waals surface area contributed by atoms with Crippen LogP contribution in [0.15, 0.2) is 65.3 Å². The summed E-state index contributed by atoms with van der Waals surface area (Å²) in [5.74, 6) is 0.918. The Bertz CT molecular complexity index is 1630. The lowest BCUT2D eigenvalue weighted by Gasteiger charge is -2.22. The van der Waals surface area contributed by atoms with Gasteiger partial charge in [-0.05, 0) is 59.0 Å². The first kappa shape index (κ1) is 18.5. The van der Waals surface area contributed by atoms with Gasteiger partial charge >= 0.3 is 0 Å². The van der Waals surface area contributed by atoms with Crippen LogP contribution < -0.4 is 0 Å². The van der Waals surface area contributed by atoms with E-state index in [1.54, 1.807) is 17.7 Å². The van der Waals surface area contributed by atoms with Crippen LogP contribution in [0.4, 0.5) is 0 Å². The molecule has 31 heavy (non-hydrogen) atoms. The topological polar surface area (TPSA) is 38.9 Å². The Hall–Kier alpha value is -3.24. The first-order valence-electron chi connectivity index (χ1n) is 10.5. The van der Waals surface area contributed by atoms with E-state index in [0.29, 0.717) is 0 Å². The van der Waals surface area contributed by atoms with Gasteiger partial charge in [0, 0.05) is 26.4 Å². The number of aryl methyl sites for hydroxylation is 1. The number of nitrogens with zero attached hydrogens (tertiary/aromatic N) is 2. The Morgan fingerprint density at radius 2 is 1.71 bits per heavy atom. The third kappa shape index (κ3) is 2.78. The van der Waals surface area contributed by atoms with Crippen LogP contribution in [0.25, 0.3) is 53.3 Å². The highest BCUT2D eigenvalue weighted by molar-refractivity contribution is 7.25. The molecule has 0 bridgehead atoms. The second-order valence-electron chi connectivity index (χ2n) is 9.21. The molecular formula is C27H22N2OS. The zero-order valence-corrected chi connectivity index (χ0v) is 18.8. The molecule has 3 heterocycles. The summed E-state index contributed by atoms with van der Waals surface area (Å²) in [7, 11) is 0. The van der Waals surface area contributed by atoms with Crippen LogP contribution in [0.2, 0.25) is 0 Å². The fourth-order valence-electron chi connectivity index (χ4n) is 4.62. The third-order valence-electron chi connectivity index (χ3n) is 6.00. The summed E-state index contributed by atoms with van der Waals surface area (Å²) in [6.45, 7) is 8.81. The van der Waals surface area contributed by atoms with E-state index in [1.807, 2.05) is 6.92 Å². The molecule has 0 aliphatic heterocycles. The molecule has 0 atom stereocenters. The molecule has 3 aromatic carbocycles. The van der Waals surface area contributed by atoms with Gasteiger partial charge in [-0.15, -0.1) is 11.3 Å². The molecule has 6 aromatic rings. The molecule has 0 N–H and O–H groups in total. The van der Waals surface area contributed by atoms with Gasteiger partial charge in [0.15, 0.2) is 0 Å². The van der Waals surface area contributed by atoms with Crippen LogP contribution >= 0.6 is 11.3 Å². The lowest BCUT2D eigenvalue weighted by Crippen LogP contribution is -2.12. The fourth-order valence-corrected chi connectivity index (χ4v) is 5.68. The molecule has 0 saturated carbocycles. The first-order valence-corrected chi connectivity index (χ1v) is 11.3. The Kier molecular flexibility index (Phi) is 3.81. The summed E-state index contributed by atoms with van der Waals surface area (Å²) >= 11 is 1.72. The van der Waals surface area contributed by atoms with Crippen molar-refractivity contribution >= 4 is 53.4 Å². The van der Waals surface area contributed by atoms with E-state index in [4.69, 9.17) is 9.40 Å². The zero-order chi connectivity index (χ0) is 21.3. The van der Waals surface area contributed by atoms with E-state index in [2.05, 4.69) is 80.4 Å². The summed E-state index contributed by atoms with van der Waals surface area (Å²) in [6, 6.07) is 19.5. The molecule has 4 heteroatoms. The van der Waals surface area contributed by atoms with Gasteiger partial charge in [0.25, 0.3) is 0 Å². The average Bonchev–Trinajstić information content (AvgIpc) is 3.31. The van der Waals surface area contributed by atoms with E-state index in [-0.39, 0.29) is 5.41 Å². The van der Waals surface area contributed by atoms with Gasteiger partial charge < -0.3 is 4.42 Å². The molecule has 0 spiro atoms. The predicted octanol–water partition coefficient (Wildman–Crippen LogP) is 8.02. The fraction of sp³-hybridized carbons (Fsp3) is 0.185. The molecule has 3 aromatic heterocycles. The van der Waals surface area contributed by atoms with Crippen LogP contribution in [0.1, 0.15) is 32.1 Å². The predicted molar refractivity (Wildman–Crippen MR) is 131 cm³/mol. The van der Waals surface area contributed by atoms with Crippen molar-refractivity contribution in [2.45, 2.75) is 33.1 Å². The monoisotopic (exact) mass is 422 g/mol. The summed E-state index contributed by atoms with van der Waals surface area (Å²) < 4.78 is 7.14. The van der Waals surface area contributed by atoms with Gasteiger partial charge in [-0.2, -0.15) is 0 Å². The standard InChI is InChI=1S/C27H22N2OS/c1-15-11-19-21(30-15)9-10-22-23(19)24-25(28-14-29-26(24)31-22)17-12-16-7-5-6-8-18(16)20(13-17)27(2,3)4/h5-14H,1-4H3. The van der Waals surface area contributed by atoms with Gasteiger partial charge in [0.2, 0.25) is 0 Å². The second kappa shape index (κ2) is 6.38. The number of benzene rings is 3. The Balaban J connectivity index is 1.76. The smallest absolute Gasteiger partial charge is 0.134 e. The van der Waals surface area contributed by atoms with Crippen molar-refractivity contribution in [3.63, 3.8) is 0 Å². The lowest BCUT2D eigenvalue weighted by molar-refractivity contribution is 0.579. The van der Waals surface area contributed by atoms with E-state index < -0.39 is 0 Å². The van der Waals surface area contributed by atoms with Crippen LogP contribution in [0.5, 0.6) is 0 Å². The molecule has 0 aliphatic carbocycles. The first-order chi connectivity index (χ1) is 14.9. The van der Waals surface area contributed by atoms with Gasteiger partial charge in [-0.25, -0.2) is 9.97 Å². The normalized spacial score (nSPS) is 12.5. The third-order valence-corrected chi connectivity index (χ3v) is 7.06. The van der Waals surface area contributed by atoms with Crippen molar-refractivity contribution in [2.75, 3.05) is 0 Å². The van der Waals surface area contributed by atoms with Crippen molar-refractivity contribution in [1.82, 2.24) is 9.97 Å². The minimum Gasteiger partial charge on any atom is -0.461 e. The summed E-state index contributed by atoms with van der Waals surface area (Å²) in [4.78, 5) is 10.4. The van der Waals surface area contributed by atoms with E-state index in [0.717, 1.165) is 38.2 Å². The maximum atomic E-state index is 5.93. The number of hydrogen-bond acceptors (Lipinski definition) is 4. The minimum atomic E-state index is 0.0212. The van der Waals surface area contributed by atoms with Gasteiger partial charge in [-0.1, -0.05) is 45.0 Å². The number of furan rings is 1. The highest BCUT2D eigenvalue weighted by Gasteiger charge is 2.21. The molecule has 0 radical (unpaired) electrons. The SMILES string of the molecule is Cc1cc2c(ccc3sc4ncnc(-c5cc(C(C)(C)C)c6ccccc6c5)c4c32)o1. The van der Waals surface area contributed by atoms with Crippen LogP contribution in [-0.2, 0) is 5.41 Å². The number of fused-ring (bicyclic) bond motifs is 6. The number of aromatic nitrogens is 2. The van der Waals surface area contributed by atoms with Gasteiger partial charge in [-0.3, -0.25) is 0 Å². The van der Waals surface area contributed by atoms with Crippen molar-refractivity contribution < 1.29 is 4.42 Å². The van der Waals surface area contributed by atoms with Crippen LogP contribution in [0, 0.1) is 6.92 Å². The maximum absolute atomic E-state index is 5.93. The van der Waals surface area contributed by atoms with Gasteiger partial charge in [0.1, 0.15) is 22.5 Å². The van der Waals surface area contributed by atoms with Crippen molar-refractivity contribution in [1.29, 1.82) is 0 Å². The summed E-state index contributed by atoms with van der Waals surface area (Å²) in [6.07, 6.45) is 1.69. The molecular weight excluding hydrogens is 400 g/mol. The molecule has 6 rings (SSSR count). The lowest BCUT2D eigenvalue weighted by atomic mass is 9.82. The molecule has 152 valence electrons. The molecule has 0 saturated heterocycles. The number of rotatable bonds is 1. The van der Waals surface area contributed by atoms with Crippen molar-refractivity contribution in [3.05, 3.63) is 72.2 Å². The van der Waals surface area contributed by atoms with Gasteiger partial charge in [0.05, 0.1) is 5.69 Å². The number of thiophene rings is 1. The van der Waals surface area contributed by atoms with Crippen molar-refractivity contribution in [2.24, 2.45) is 0 Å².